The molecular formula is C27H28N2O5S. The van der Waals surface area contributed by atoms with Gasteiger partial charge in [0.25, 0.3) is 5.91 Å². The van der Waals surface area contributed by atoms with Gasteiger partial charge in [0.15, 0.2) is 6.61 Å². The van der Waals surface area contributed by atoms with Gasteiger partial charge in [0.2, 0.25) is 5.91 Å². The van der Waals surface area contributed by atoms with Crippen molar-refractivity contribution in [3.05, 3.63) is 68.7 Å². The molecular weight excluding hydrogens is 464 g/mol. The summed E-state index contributed by atoms with van der Waals surface area (Å²) in [6.07, 6.45) is 6.27. The summed E-state index contributed by atoms with van der Waals surface area (Å²) in [6, 6.07) is 8.72. The van der Waals surface area contributed by atoms with Crippen LogP contribution in [-0.2, 0) is 9.59 Å². The van der Waals surface area contributed by atoms with Crippen LogP contribution in [-0.4, -0.2) is 54.4 Å². The molecule has 2 amide bonds. The summed E-state index contributed by atoms with van der Waals surface area (Å²) in [7, 11) is 0. The smallest absolute Gasteiger partial charge is 0.336 e. The molecule has 0 bridgehead atoms. The Bertz CT molecular complexity index is 1320. The van der Waals surface area contributed by atoms with Crippen LogP contribution in [0.15, 0.2) is 56.4 Å². The molecule has 35 heavy (non-hydrogen) atoms. The van der Waals surface area contributed by atoms with Crippen molar-refractivity contribution in [2.75, 3.05) is 32.8 Å². The predicted octanol–water partition coefficient (Wildman–Crippen LogP) is 4.10. The van der Waals surface area contributed by atoms with Crippen molar-refractivity contribution in [1.82, 2.24) is 9.80 Å². The van der Waals surface area contributed by atoms with Crippen LogP contribution in [0.2, 0.25) is 0 Å². The van der Waals surface area contributed by atoms with Crippen molar-refractivity contribution >= 4 is 40.2 Å². The van der Waals surface area contributed by atoms with Crippen LogP contribution >= 0.6 is 11.3 Å². The molecule has 1 spiro atoms. The van der Waals surface area contributed by atoms with Gasteiger partial charge in [-0.1, -0.05) is 0 Å². The van der Waals surface area contributed by atoms with Crippen molar-refractivity contribution in [3.63, 3.8) is 0 Å². The zero-order valence-corrected chi connectivity index (χ0v) is 20.5. The number of thiophene rings is 1. The number of hydrogen-bond donors (Lipinski definition) is 0. The second-order valence-corrected chi connectivity index (χ2v) is 10.3. The first-order valence-electron chi connectivity index (χ1n) is 11.9. The summed E-state index contributed by atoms with van der Waals surface area (Å²) in [6.45, 7) is 4.64. The van der Waals surface area contributed by atoms with Gasteiger partial charge in [-0.05, 0) is 77.8 Å². The Morgan fingerprint density at radius 2 is 1.89 bits per heavy atom. The molecule has 0 unspecified atom stereocenters. The topological polar surface area (TPSA) is 80.1 Å². The number of benzene rings is 1. The SMILES string of the molecule is Cc1cc(=O)oc2cc(OCC(=O)N3CCC4(CCN(C(=O)/C=C/c5ccsc5)CC4)C3)ccc12. The third-order valence-corrected chi connectivity index (χ3v) is 7.87. The van der Waals surface area contributed by atoms with Gasteiger partial charge in [-0.15, -0.1) is 0 Å². The molecule has 0 N–H and O–H groups in total. The van der Waals surface area contributed by atoms with Crippen LogP contribution in [0.5, 0.6) is 5.75 Å². The molecule has 2 aliphatic rings. The van der Waals surface area contributed by atoms with Crippen molar-refractivity contribution in [2.24, 2.45) is 5.41 Å². The van der Waals surface area contributed by atoms with Crippen LogP contribution in [0.4, 0.5) is 0 Å². The van der Waals surface area contributed by atoms with E-state index in [4.69, 9.17) is 9.15 Å². The first kappa shape index (κ1) is 23.4. The number of aryl methyl sites for hydroxylation is 1. The van der Waals surface area contributed by atoms with Gasteiger partial charge in [0, 0.05) is 49.8 Å². The van der Waals surface area contributed by atoms with Crippen molar-refractivity contribution in [3.8, 4) is 5.75 Å². The molecule has 0 atom stereocenters. The van der Waals surface area contributed by atoms with E-state index in [0.717, 1.165) is 35.8 Å². The molecule has 1 aromatic carbocycles. The highest BCUT2D eigenvalue weighted by Crippen LogP contribution is 2.40. The van der Waals surface area contributed by atoms with Crippen molar-refractivity contribution < 1.29 is 18.7 Å². The van der Waals surface area contributed by atoms with Crippen LogP contribution in [0.25, 0.3) is 17.0 Å². The fourth-order valence-electron chi connectivity index (χ4n) is 5.03. The van der Waals surface area contributed by atoms with Gasteiger partial charge in [-0.3, -0.25) is 9.59 Å². The summed E-state index contributed by atoms with van der Waals surface area (Å²) in [5.74, 6) is 0.493. The molecule has 3 aromatic rings. The van der Waals surface area contributed by atoms with E-state index in [1.165, 1.54) is 6.07 Å². The molecule has 2 fully saturated rings. The van der Waals surface area contributed by atoms with E-state index < -0.39 is 5.63 Å². The van der Waals surface area contributed by atoms with E-state index in [2.05, 4.69) is 0 Å². The zero-order chi connectivity index (χ0) is 24.4. The molecule has 5 rings (SSSR count). The van der Waals surface area contributed by atoms with Crippen LogP contribution < -0.4 is 10.4 Å². The van der Waals surface area contributed by atoms with Gasteiger partial charge in [-0.25, -0.2) is 4.79 Å². The lowest BCUT2D eigenvalue weighted by Crippen LogP contribution is -2.44. The standard InChI is InChI=1S/C27H28N2O5S/c1-19-14-26(32)34-23-15-21(3-4-22(19)23)33-16-25(31)29-12-9-27(18-29)7-10-28(11-8-27)24(30)5-2-20-6-13-35-17-20/h2-6,13-15,17H,7-12,16,18H2,1H3/b5-2+. The van der Waals surface area contributed by atoms with E-state index in [-0.39, 0.29) is 23.8 Å². The Morgan fingerprint density at radius 1 is 1.11 bits per heavy atom. The molecule has 2 aromatic heterocycles. The van der Waals surface area contributed by atoms with Gasteiger partial charge in [-0.2, -0.15) is 11.3 Å². The summed E-state index contributed by atoms with van der Waals surface area (Å²) >= 11 is 1.61. The molecule has 0 radical (unpaired) electrons. The lowest BCUT2D eigenvalue weighted by atomic mass is 9.78. The Morgan fingerprint density at radius 3 is 2.63 bits per heavy atom. The van der Waals surface area contributed by atoms with Gasteiger partial charge < -0.3 is 19.0 Å². The van der Waals surface area contributed by atoms with Crippen LogP contribution in [0.1, 0.15) is 30.4 Å². The Balaban J connectivity index is 1.13. The molecule has 7 nitrogen and oxygen atoms in total. The first-order valence-corrected chi connectivity index (χ1v) is 12.8. The maximum atomic E-state index is 12.8. The third kappa shape index (κ3) is 5.17. The average Bonchev–Trinajstić information content (AvgIpc) is 3.52. The molecule has 2 aliphatic heterocycles. The van der Waals surface area contributed by atoms with Gasteiger partial charge in [0.1, 0.15) is 11.3 Å². The normalized spacial score (nSPS) is 17.5. The molecule has 8 heteroatoms. The fraction of sp³-hybridized carbons (Fsp3) is 0.370. The number of rotatable bonds is 5. The number of piperidine rings is 1. The third-order valence-electron chi connectivity index (χ3n) is 7.17. The Kier molecular flexibility index (Phi) is 6.47. The summed E-state index contributed by atoms with van der Waals surface area (Å²) in [5, 5.41) is 4.85. The largest absolute Gasteiger partial charge is 0.484 e. The van der Waals surface area contributed by atoms with Crippen LogP contribution in [0, 0.1) is 12.3 Å². The second kappa shape index (κ2) is 9.70. The minimum Gasteiger partial charge on any atom is -0.484 e. The van der Waals surface area contributed by atoms with Crippen LogP contribution in [0.3, 0.4) is 0 Å². The summed E-state index contributed by atoms with van der Waals surface area (Å²) in [4.78, 5) is 40.8. The monoisotopic (exact) mass is 492 g/mol. The average molecular weight is 493 g/mol. The molecule has 182 valence electrons. The fourth-order valence-corrected chi connectivity index (χ4v) is 5.66. The molecule has 0 saturated carbocycles. The van der Waals surface area contributed by atoms with Gasteiger partial charge >= 0.3 is 5.63 Å². The molecule has 0 aliphatic carbocycles. The maximum Gasteiger partial charge on any atom is 0.336 e. The van der Waals surface area contributed by atoms with E-state index in [1.54, 1.807) is 29.5 Å². The van der Waals surface area contributed by atoms with E-state index in [1.807, 2.05) is 45.7 Å². The van der Waals surface area contributed by atoms with E-state index >= 15 is 0 Å². The van der Waals surface area contributed by atoms with E-state index in [0.29, 0.717) is 37.5 Å². The number of carbonyl (C=O) groups excluding carboxylic acids is 2. The Hall–Kier alpha value is -3.39. The zero-order valence-electron chi connectivity index (χ0n) is 19.7. The highest BCUT2D eigenvalue weighted by atomic mass is 32.1. The second-order valence-electron chi connectivity index (χ2n) is 9.48. The minimum absolute atomic E-state index is 0.0480. The number of fused-ring (bicyclic) bond motifs is 1. The molecule has 2 saturated heterocycles. The number of ether oxygens (including phenoxy) is 1. The molecule has 4 heterocycles. The number of nitrogens with zero attached hydrogens (tertiary/aromatic N) is 2. The highest BCUT2D eigenvalue weighted by molar-refractivity contribution is 7.08. The maximum absolute atomic E-state index is 12.8. The number of amides is 2. The van der Waals surface area contributed by atoms with E-state index in [9.17, 15) is 14.4 Å². The van der Waals surface area contributed by atoms with Crippen molar-refractivity contribution in [2.45, 2.75) is 26.2 Å². The number of likely N-dealkylation sites (tertiary alicyclic amines) is 2. The summed E-state index contributed by atoms with van der Waals surface area (Å²) in [5.41, 5.74) is 2.01. The lowest BCUT2D eigenvalue weighted by Gasteiger charge is -2.38. The number of carbonyl (C=O) groups is 2. The lowest BCUT2D eigenvalue weighted by molar-refractivity contribution is -0.133. The highest BCUT2D eigenvalue weighted by Gasteiger charge is 2.42. The minimum atomic E-state index is -0.406. The summed E-state index contributed by atoms with van der Waals surface area (Å²) < 4.78 is 11.0. The quantitative estimate of drug-likeness (QED) is 0.396. The van der Waals surface area contributed by atoms with Crippen molar-refractivity contribution in [1.29, 1.82) is 0 Å². The predicted molar refractivity (Wildman–Crippen MR) is 136 cm³/mol. The number of hydrogen-bond acceptors (Lipinski definition) is 6. The first-order chi connectivity index (χ1) is 16.9. The van der Waals surface area contributed by atoms with Gasteiger partial charge in [0.05, 0.1) is 0 Å². The Labute approximate surface area is 207 Å².